The third kappa shape index (κ3) is 3.57. The van der Waals surface area contributed by atoms with Crippen LogP contribution in [0.3, 0.4) is 0 Å². The number of aromatic nitrogens is 1. The highest BCUT2D eigenvalue weighted by atomic mass is 79.9. The van der Waals surface area contributed by atoms with Crippen LogP contribution in [-0.4, -0.2) is 10.6 Å². The maximum atomic E-state index is 5.85. The predicted molar refractivity (Wildman–Crippen MR) is 77.8 cm³/mol. The molecule has 3 heteroatoms. The highest BCUT2D eigenvalue weighted by Crippen LogP contribution is 2.25. The molecule has 0 aliphatic heterocycles. The summed E-state index contributed by atoms with van der Waals surface area (Å²) in [6, 6.07) is 12.0. The minimum Gasteiger partial charge on any atom is -0.488 e. The summed E-state index contributed by atoms with van der Waals surface area (Å²) in [7, 11) is 0. The molecule has 0 atom stereocenters. The van der Waals surface area contributed by atoms with E-state index >= 15 is 0 Å². The quantitative estimate of drug-likeness (QED) is 0.803. The molecule has 0 bridgehead atoms. The molecule has 1 aromatic carbocycles. The van der Waals surface area contributed by atoms with Crippen molar-refractivity contribution >= 4 is 15.9 Å². The molecule has 0 unspecified atom stereocenters. The van der Waals surface area contributed by atoms with E-state index in [0.717, 1.165) is 21.5 Å². The number of halogens is 1. The molecule has 0 spiro atoms. The zero-order valence-electron chi connectivity index (χ0n) is 10.8. The van der Waals surface area contributed by atoms with Gasteiger partial charge in [-0.05, 0) is 61.0 Å². The first-order valence-electron chi connectivity index (χ1n) is 5.85. The van der Waals surface area contributed by atoms with E-state index in [9.17, 15) is 0 Å². The summed E-state index contributed by atoms with van der Waals surface area (Å²) in [5, 5.41) is 0. The standard InChI is InChI=1S/C15H16BrNO/c1-15(2,3)18-13-6-4-5-11(9-13)14-8-7-12(16)10-17-14/h4-10H,1-3H3. The Kier molecular flexibility index (Phi) is 3.71. The summed E-state index contributed by atoms with van der Waals surface area (Å²) in [5.41, 5.74) is 1.81. The van der Waals surface area contributed by atoms with Crippen LogP contribution >= 0.6 is 15.9 Å². The molecule has 0 N–H and O–H groups in total. The van der Waals surface area contributed by atoms with Crippen LogP contribution in [0.15, 0.2) is 47.1 Å². The van der Waals surface area contributed by atoms with Gasteiger partial charge in [0.1, 0.15) is 11.4 Å². The summed E-state index contributed by atoms with van der Waals surface area (Å²) < 4.78 is 6.83. The van der Waals surface area contributed by atoms with Crippen molar-refractivity contribution in [3.05, 3.63) is 47.1 Å². The molecule has 2 nitrogen and oxygen atoms in total. The van der Waals surface area contributed by atoms with Crippen molar-refractivity contribution in [2.24, 2.45) is 0 Å². The first-order chi connectivity index (χ1) is 8.44. The van der Waals surface area contributed by atoms with Crippen molar-refractivity contribution in [3.63, 3.8) is 0 Å². The van der Waals surface area contributed by atoms with Gasteiger partial charge < -0.3 is 4.74 Å². The molecule has 18 heavy (non-hydrogen) atoms. The van der Waals surface area contributed by atoms with Crippen molar-refractivity contribution < 1.29 is 4.74 Å². The Morgan fingerprint density at radius 1 is 1.11 bits per heavy atom. The fourth-order valence-corrected chi connectivity index (χ4v) is 1.85. The zero-order chi connectivity index (χ0) is 13.2. The summed E-state index contributed by atoms with van der Waals surface area (Å²) in [4.78, 5) is 4.38. The van der Waals surface area contributed by atoms with E-state index in [1.165, 1.54) is 0 Å². The fourth-order valence-electron chi connectivity index (χ4n) is 1.62. The lowest BCUT2D eigenvalue weighted by atomic mass is 10.1. The van der Waals surface area contributed by atoms with Crippen molar-refractivity contribution in [1.29, 1.82) is 0 Å². The SMILES string of the molecule is CC(C)(C)Oc1cccc(-c2ccc(Br)cn2)c1. The van der Waals surface area contributed by atoms with Crippen LogP contribution in [0.5, 0.6) is 5.75 Å². The van der Waals surface area contributed by atoms with E-state index in [1.54, 1.807) is 6.20 Å². The van der Waals surface area contributed by atoms with E-state index in [2.05, 4.69) is 20.9 Å². The van der Waals surface area contributed by atoms with Crippen LogP contribution in [-0.2, 0) is 0 Å². The second-order valence-corrected chi connectivity index (χ2v) is 6.02. The summed E-state index contributed by atoms with van der Waals surface area (Å²) in [6.07, 6.45) is 1.80. The Morgan fingerprint density at radius 2 is 1.89 bits per heavy atom. The average molecular weight is 306 g/mol. The van der Waals surface area contributed by atoms with Gasteiger partial charge in [0.15, 0.2) is 0 Å². The van der Waals surface area contributed by atoms with Gasteiger partial charge in [0.05, 0.1) is 5.69 Å². The van der Waals surface area contributed by atoms with Gasteiger partial charge in [-0.1, -0.05) is 12.1 Å². The fraction of sp³-hybridized carbons (Fsp3) is 0.267. The van der Waals surface area contributed by atoms with Gasteiger partial charge in [-0.3, -0.25) is 4.98 Å². The molecule has 2 aromatic rings. The first-order valence-corrected chi connectivity index (χ1v) is 6.64. The minimum atomic E-state index is -0.189. The summed E-state index contributed by atoms with van der Waals surface area (Å²) in [6.45, 7) is 6.12. The van der Waals surface area contributed by atoms with Crippen LogP contribution in [0.4, 0.5) is 0 Å². The van der Waals surface area contributed by atoms with Crippen LogP contribution < -0.4 is 4.74 Å². The molecule has 0 fully saturated rings. The van der Waals surface area contributed by atoms with Crippen molar-refractivity contribution in [2.75, 3.05) is 0 Å². The molecular formula is C15H16BrNO. The molecular weight excluding hydrogens is 290 g/mol. The Balaban J connectivity index is 2.29. The Bertz CT molecular complexity index is 529. The zero-order valence-corrected chi connectivity index (χ0v) is 12.4. The molecule has 2 rings (SSSR count). The van der Waals surface area contributed by atoms with E-state index in [4.69, 9.17) is 4.74 Å². The van der Waals surface area contributed by atoms with Crippen molar-refractivity contribution in [2.45, 2.75) is 26.4 Å². The van der Waals surface area contributed by atoms with Gasteiger partial charge in [-0.15, -0.1) is 0 Å². The van der Waals surface area contributed by atoms with Gasteiger partial charge >= 0.3 is 0 Å². The molecule has 0 radical (unpaired) electrons. The molecule has 1 aromatic heterocycles. The van der Waals surface area contributed by atoms with Crippen molar-refractivity contribution in [1.82, 2.24) is 4.98 Å². The molecule has 0 aliphatic carbocycles. The second kappa shape index (κ2) is 5.11. The minimum absolute atomic E-state index is 0.189. The number of hydrogen-bond donors (Lipinski definition) is 0. The number of benzene rings is 1. The van der Waals surface area contributed by atoms with E-state index in [0.29, 0.717) is 0 Å². The largest absolute Gasteiger partial charge is 0.488 e. The van der Waals surface area contributed by atoms with Gasteiger partial charge in [-0.25, -0.2) is 0 Å². The van der Waals surface area contributed by atoms with Crippen molar-refractivity contribution in [3.8, 4) is 17.0 Å². The van der Waals surface area contributed by atoms with Crippen LogP contribution in [0, 0.1) is 0 Å². The average Bonchev–Trinajstić information content (AvgIpc) is 2.28. The lowest BCUT2D eigenvalue weighted by Crippen LogP contribution is -2.22. The second-order valence-electron chi connectivity index (χ2n) is 5.10. The Morgan fingerprint density at radius 3 is 2.50 bits per heavy atom. The Hall–Kier alpha value is -1.35. The molecule has 1 heterocycles. The summed E-state index contributed by atoms with van der Waals surface area (Å²) in [5.74, 6) is 0.865. The number of rotatable bonds is 2. The number of ether oxygens (including phenoxy) is 1. The Labute approximate surface area is 116 Å². The smallest absolute Gasteiger partial charge is 0.120 e. The lowest BCUT2D eigenvalue weighted by molar-refractivity contribution is 0.131. The molecule has 0 aliphatic rings. The van der Waals surface area contributed by atoms with Gasteiger partial charge in [0, 0.05) is 16.2 Å². The van der Waals surface area contributed by atoms with E-state index in [-0.39, 0.29) is 5.60 Å². The number of pyridine rings is 1. The molecule has 0 saturated heterocycles. The van der Waals surface area contributed by atoms with Crippen LogP contribution in [0.25, 0.3) is 11.3 Å². The first kappa shape index (κ1) is 13.1. The topological polar surface area (TPSA) is 22.1 Å². The maximum Gasteiger partial charge on any atom is 0.120 e. The summed E-state index contributed by atoms with van der Waals surface area (Å²) >= 11 is 3.39. The van der Waals surface area contributed by atoms with E-state index in [1.807, 2.05) is 57.2 Å². The van der Waals surface area contributed by atoms with Gasteiger partial charge in [0.25, 0.3) is 0 Å². The van der Waals surface area contributed by atoms with Gasteiger partial charge in [-0.2, -0.15) is 0 Å². The normalized spacial score (nSPS) is 11.3. The lowest BCUT2D eigenvalue weighted by Gasteiger charge is -2.21. The monoisotopic (exact) mass is 305 g/mol. The third-order valence-corrected chi connectivity index (χ3v) is 2.75. The number of hydrogen-bond acceptors (Lipinski definition) is 2. The highest BCUT2D eigenvalue weighted by Gasteiger charge is 2.12. The number of nitrogens with zero attached hydrogens (tertiary/aromatic N) is 1. The molecule has 0 amide bonds. The maximum absolute atomic E-state index is 5.85. The highest BCUT2D eigenvalue weighted by molar-refractivity contribution is 9.10. The molecule has 0 saturated carbocycles. The van der Waals surface area contributed by atoms with E-state index < -0.39 is 0 Å². The van der Waals surface area contributed by atoms with Gasteiger partial charge in [0.2, 0.25) is 0 Å². The third-order valence-electron chi connectivity index (χ3n) is 2.28. The van der Waals surface area contributed by atoms with Crippen LogP contribution in [0.2, 0.25) is 0 Å². The molecule has 94 valence electrons. The van der Waals surface area contributed by atoms with Crippen LogP contribution in [0.1, 0.15) is 20.8 Å². The predicted octanol–water partition coefficient (Wildman–Crippen LogP) is 4.69.